The lowest BCUT2D eigenvalue weighted by atomic mass is 9.99. The molecule has 0 atom stereocenters. The molecule has 8 aromatic carbocycles. The molecule has 0 aliphatic heterocycles. The summed E-state index contributed by atoms with van der Waals surface area (Å²) in [6, 6.07) is 66.5. The Labute approximate surface area is 271 Å². The van der Waals surface area contributed by atoms with Crippen molar-refractivity contribution in [3.05, 3.63) is 182 Å². The fourth-order valence-electron chi connectivity index (χ4n) is 7.19. The zero-order valence-corrected chi connectivity index (χ0v) is 27.4. The largest absolute Gasteiger partial charge is 0.0886 e. The van der Waals surface area contributed by atoms with Crippen LogP contribution in [0.3, 0.4) is 0 Å². The Bertz CT molecular complexity index is 2180. The maximum Gasteiger partial charge on any atom is -0.000883 e. The first-order valence-electron chi connectivity index (χ1n) is 15.7. The van der Waals surface area contributed by atoms with Crippen LogP contribution in [0.5, 0.6) is 0 Å². The number of hydrogen-bond donors (Lipinski definition) is 0. The zero-order valence-electron chi connectivity index (χ0n) is 25.6. The van der Waals surface area contributed by atoms with Crippen LogP contribution in [0.1, 0.15) is 0 Å². The van der Waals surface area contributed by atoms with Gasteiger partial charge in [0.15, 0.2) is 0 Å². The van der Waals surface area contributed by atoms with Gasteiger partial charge in [-0.1, -0.05) is 182 Å². The molecule has 0 nitrogen and oxygen atoms in total. The number of hydrogen-bond acceptors (Lipinski definition) is 0. The maximum absolute atomic E-state index is 5.27. The minimum absolute atomic E-state index is 1.23. The van der Waals surface area contributed by atoms with Crippen LogP contribution in [0.25, 0.3) is 32.3 Å². The molecule has 0 aliphatic carbocycles. The smallest absolute Gasteiger partial charge is 0.000883 e. The summed E-state index contributed by atoms with van der Waals surface area (Å²) in [5.74, 6) is 0. The van der Waals surface area contributed by atoms with Crippen LogP contribution in [0.2, 0.25) is 0 Å². The Balaban J connectivity index is 1.64. The molecule has 2 heteroatoms. The molecule has 220 valence electrons. The van der Waals surface area contributed by atoms with E-state index in [0.29, 0.717) is 0 Å². The summed E-state index contributed by atoms with van der Waals surface area (Å²) in [5.41, 5.74) is 0. The molecular weight excluding hydrogens is 590 g/mol. The molecule has 0 aromatic heterocycles. The van der Waals surface area contributed by atoms with E-state index < -0.39 is 13.8 Å². The van der Waals surface area contributed by atoms with Gasteiger partial charge in [-0.15, -0.1) is 0 Å². The first-order chi connectivity index (χ1) is 22.6. The second kappa shape index (κ2) is 11.5. The normalized spacial score (nSPS) is 12.1. The molecule has 0 aliphatic rings. The van der Waals surface area contributed by atoms with E-state index >= 15 is 0 Å². The highest BCUT2D eigenvalue weighted by atomic mass is 31.2. The Morgan fingerprint density at radius 2 is 0.543 bits per heavy atom. The Morgan fingerprint density at radius 1 is 0.283 bits per heavy atom. The van der Waals surface area contributed by atoms with Crippen molar-refractivity contribution in [3.63, 3.8) is 0 Å². The van der Waals surface area contributed by atoms with Crippen LogP contribution < -0.4 is 31.8 Å². The summed E-state index contributed by atoms with van der Waals surface area (Å²) in [4.78, 5) is 0. The summed E-state index contributed by atoms with van der Waals surface area (Å²) in [5, 5.41) is 15.3. The minimum Gasteiger partial charge on any atom is -0.0886 e. The van der Waals surface area contributed by atoms with E-state index in [1.807, 2.05) is 0 Å². The van der Waals surface area contributed by atoms with Crippen LogP contribution in [-0.4, -0.2) is 12.6 Å². The van der Waals surface area contributed by atoms with Gasteiger partial charge in [-0.25, -0.2) is 0 Å². The Kier molecular flexibility index (Phi) is 7.15. The molecule has 0 saturated heterocycles. The molecule has 8 rings (SSSR count). The summed E-state index contributed by atoms with van der Waals surface area (Å²) in [6.45, 7) is -4.74. The van der Waals surface area contributed by atoms with E-state index in [4.69, 9.17) is 12.6 Å². The van der Waals surface area contributed by atoms with Crippen LogP contribution in [0, 0.1) is 0 Å². The van der Waals surface area contributed by atoms with Crippen LogP contribution in [-0.2, 0) is 0 Å². The second-order valence-electron chi connectivity index (χ2n) is 11.9. The maximum atomic E-state index is 5.27. The first kappa shape index (κ1) is 28.6. The van der Waals surface area contributed by atoms with Crippen molar-refractivity contribution >= 4 is 90.5 Å². The van der Waals surface area contributed by atoms with E-state index in [-0.39, 0.29) is 0 Å². The number of rotatable bonds is 6. The summed E-state index contributed by atoms with van der Waals surface area (Å²) in [7, 11) is 0. The van der Waals surface area contributed by atoms with Crippen LogP contribution >= 0.6 is 13.8 Å². The van der Waals surface area contributed by atoms with Crippen molar-refractivity contribution in [1.82, 2.24) is 0 Å². The molecule has 46 heavy (non-hydrogen) atoms. The van der Waals surface area contributed by atoms with Gasteiger partial charge < -0.3 is 0 Å². The van der Waals surface area contributed by atoms with Gasteiger partial charge in [0.25, 0.3) is 0 Å². The van der Waals surface area contributed by atoms with Crippen molar-refractivity contribution in [2.24, 2.45) is 0 Å². The van der Waals surface area contributed by atoms with E-state index in [1.54, 1.807) is 0 Å². The van der Waals surface area contributed by atoms with Gasteiger partial charge in [0, 0.05) is 0 Å². The van der Waals surface area contributed by atoms with Gasteiger partial charge in [-0.3, -0.25) is 0 Å². The van der Waals surface area contributed by atoms with Crippen LogP contribution in [0.4, 0.5) is 0 Å². The molecule has 8 aromatic rings. The molecule has 0 amide bonds. The van der Waals surface area contributed by atoms with E-state index in [9.17, 15) is 0 Å². The summed E-state index contributed by atoms with van der Waals surface area (Å²) < 4.78 is 0. The van der Waals surface area contributed by atoms with Gasteiger partial charge in [-0.05, 0) is 90.0 Å². The molecule has 0 unspecified atom stereocenters. The fraction of sp³-hybridized carbons (Fsp3) is 0. The monoisotopic (exact) mass is 624 g/mol. The lowest BCUT2D eigenvalue weighted by Crippen LogP contribution is -2.29. The molecule has 0 spiro atoms. The quantitative estimate of drug-likeness (QED) is 0.128. The van der Waals surface area contributed by atoms with Crippen molar-refractivity contribution in [2.45, 2.75) is 0 Å². The van der Waals surface area contributed by atoms with Gasteiger partial charge >= 0.3 is 0 Å². The highest BCUT2D eigenvalue weighted by molar-refractivity contribution is 7.95. The first-order valence-corrected chi connectivity index (χ1v) is 19.6. The molecule has 0 bridgehead atoms. The second-order valence-corrected chi connectivity index (χ2v) is 18.1. The zero-order chi connectivity index (χ0) is 31.1. The Morgan fingerprint density at radius 3 is 0.848 bits per heavy atom. The van der Waals surface area contributed by atoms with E-state index in [0.717, 1.165) is 0 Å². The third-order valence-corrected chi connectivity index (χ3v) is 16.6. The standard InChI is InChI=1S/C44H34P2/c1-45(35-21-7-3-8-22-35,36-23-9-4-10-24-36)43-39-29-17-15-19-33(39)32-42-41(43)31-34-20-16-18-30-40(34)44(42)46(2,37-25-11-5-12-26-37)38-27-13-6-14-28-38/h3-32H,1-2H2. The molecular formula is C44H34P2. The topological polar surface area (TPSA) is 0 Å². The highest BCUT2D eigenvalue weighted by Gasteiger charge is 2.31. The van der Waals surface area contributed by atoms with Gasteiger partial charge in [0.2, 0.25) is 0 Å². The predicted molar refractivity (Wildman–Crippen MR) is 211 cm³/mol. The van der Waals surface area contributed by atoms with Gasteiger partial charge in [-0.2, -0.15) is 0 Å². The Hall–Kier alpha value is -4.86. The predicted octanol–water partition coefficient (Wildman–Crippen LogP) is 8.60. The van der Waals surface area contributed by atoms with Crippen molar-refractivity contribution in [1.29, 1.82) is 0 Å². The summed E-state index contributed by atoms with van der Waals surface area (Å²) in [6.07, 6.45) is 10.5. The van der Waals surface area contributed by atoms with Crippen LogP contribution in [0.15, 0.2) is 182 Å². The lowest BCUT2D eigenvalue weighted by molar-refractivity contribution is 1.75. The highest BCUT2D eigenvalue weighted by Crippen LogP contribution is 2.50. The van der Waals surface area contributed by atoms with Gasteiger partial charge in [0.1, 0.15) is 0 Å². The minimum atomic E-state index is -2.37. The number of benzene rings is 8. The molecule has 0 fully saturated rings. The van der Waals surface area contributed by atoms with E-state index in [1.165, 1.54) is 64.1 Å². The fourth-order valence-corrected chi connectivity index (χ4v) is 14.0. The number of fused-ring (bicyclic) bond motifs is 3. The average molecular weight is 625 g/mol. The average Bonchev–Trinajstić information content (AvgIpc) is 3.14. The molecule has 0 heterocycles. The van der Waals surface area contributed by atoms with E-state index in [2.05, 4.69) is 182 Å². The van der Waals surface area contributed by atoms with Crippen molar-refractivity contribution in [2.75, 3.05) is 0 Å². The molecule has 0 N–H and O–H groups in total. The SMILES string of the molecule is C=P(c1ccccc1)(c1ccccc1)c1c2ccccc2cc2c(P(=C)(c3ccccc3)c3ccccc3)c3ccccc3cc12. The third kappa shape index (κ3) is 4.45. The van der Waals surface area contributed by atoms with Crippen molar-refractivity contribution < 1.29 is 0 Å². The van der Waals surface area contributed by atoms with Crippen molar-refractivity contribution in [3.8, 4) is 0 Å². The van der Waals surface area contributed by atoms with Gasteiger partial charge in [0.05, 0.1) is 0 Å². The summed E-state index contributed by atoms with van der Waals surface area (Å²) >= 11 is 0. The molecule has 0 radical (unpaired) electrons. The third-order valence-electron chi connectivity index (χ3n) is 9.38. The molecule has 0 saturated carbocycles. The lowest BCUT2D eigenvalue weighted by Gasteiger charge is -2.33.